The maximum Gasteiger partial charge on any atom is 0.254 e. The van der Waals surface area contributed by atoms with Crippen LogP contribution in [0, 0.1) is 5.92 Å². The molecule has 1 fully saturated rings. The number of aliphatic hydroxyl groups is 1. The lowest BCUT2D eigenvalue weighted by Crippen LogP contribution is -2.29. The molecule has 4 rings (SSSR count). The van der Waals surface area contributed by atoms with Crippen LogP contribution in [0.1, 0.15) is 29.9 Å². The van der Waals surface area contributed by atoms with E-state index in [1.54, 1.807) is 30.2 Å². The maximum absolute atomic E-state index is 13.1. The average Bonchev–Trinajstić information content (AvgIpc) is 3.13. The van der Waals surface area contributed by atoms with Crippen molar-refractivity contribution >= 4 is 16.8 Å². The number of pyridine rings is 1. The Bertz CT molecular complexity index is 1080. The fourth-order valence-corrected chi connectivity index (χ4v) is 4.05. The number of carbonyl (C=O) groups is 1. The number of carbonyl (C=O) groups excluding carboxylic acids is 1. The van der Waals surface area contributed by atoms with Gasteiger partial charge in [0.2, 0.25) is 0 Å². The minimum atomic E-state index is -0.581. The Labute approximate surface area is 182 Å². The van der Waals surface area contributed by atoms with Gasteiger partial charge in [-0.2, -0.15) is 0 Å². The highest BCUT2D eigenvalue weighted by atomic mass is 16.5. The Kier molecular flexibility index (Phi) is 6.09. The second-order valence-electron chi connectivity index (χ2n) is 8.27. The predicted molar refractivity (Wildman–Crippen MR) is 120 cm³/mol. The average molecular weight is 421 g/mol. The van der Waals surface area contributed by atoms with E-state index < -0.39 is 6.10 Å². The van der Waals surface area contributed by atoms with Gasteiger partial charge in [-0.3, -0.25) is 9.78 Å². The van der Waals surface area contributed by atoms with Crippen molar-refractivity contribution < 1.29 is 19.4 Å². The van der Waals surface area contributed by atoms with Crippen LogP contribution >= 0.6 is 0 Å². The second kappa shape index (κ2) is 8.94. The van der Waals surface area contributed by atoms with E-state index in [0.717, 1.165) is 16.6 Å². The number of nitrogens with zero attached hydrogens (tertiary/aromatic N) is 2. The van der Waals surface area contributed by atoms with E-state index in [4.69, 9.17) is 14.5 Å². The number of likely N-dealkylation sites (tertiary alicyclic amines) is 1. The van der Waals surface area contributed by atoms with Crippen molar-refractivity contribution in [3.8, 4) is 11.5 Å². The van der Waals surface area contributed by atoms with E-state index in [2.05, 4.69) is 6.07 Å². The molecule has 6 nitrogen and oxygen atoms in total. The molecule has 1 amide bonds. The highest BCUT2D eigenvalue weighted by molar-refractivity contribution is 5.95. The Morgan fingerprint density at radius 3 is 2.71 bits per heavy atom. The number of ether oxygens (including phenoxy) is 2. The molecule has 1 aliphatic heterocycles. The van der Waals surface area contributed by atoms with Gasteiger partial charge in [0.05, 0.1) is 24.8 Å². The molecule has 2 aromatic carbocycles. The number of aliphatic hydroxyl groups excluding tert-OH is 1. The van der Waals surface area contributed by atoms with E-state index in [1.165, 1.54) is 0 Å². The molecular formula is C25H28N2O4. The first kappa shape index (κ1) is 21.1. The first-order chi connectivity index (χ1) is 14.9. The Hall–Kier alpha value is -3.12. The zero-order valence-electron chi connectivity index (χ0n) is 18.1. The predicted octanol–water partition coefficient (Wildman–Crippen LogP) is 3.71. The Morgan fingerprint density at radius 2 is 1.94 bits per heavy atom. The number of hydrogen-bond donors (Lipinski definition) is 1. The smallest absolute Gasteiger partial charge is 0.254 e. The lowest BCUT2D eigenvalue weighted by molar-refractivity contribution is 0.0764. The molecule has 2 atom stereocenters. The van der Waals surface area contributed by atoms with Crippen molar-refractivity contribution in [3.05, 3.63) is 65.9 Å². The van der Waals surface area contributed by atoms with Crippen LogP contribution in [-0.2, 0) is 6.42 Å². The monoisotopic (exact) mass is 420 g/mol. The van der Waals surface area contributed by atoms with Crippen molar-refractivity contribution in [2.75, 3.05) is 20.2 Å². The van der Waals surface area contributed by atoms with Crippen LogP contribution in [0.15, 0.2) is 54.6 Å². The third-order valence-electron chi connectivity index (χ3n) is 5.59. The summed E-state index contributed by atoms with van der Waals surface area (Å²) in [6, 6.07) is 17.2. The second-order valence-corrected chi connectivity index (χ2v) is 8.27. The number of para-hydroxylation sites is 1. The molecule has 0 radical (unpaired) electrons. The van der Waals surface area contributed by atoms with Crippen LogP contribution < -0.4 is 9.47 Å². The Balaban J connectivity index is 1.46. The van der Waals surface area contributed by atoms with Gasteiger partial charge in [-0.15, -0.1) is 0 Å². The van der Waals surface area contributed by atoms with E-state index in [1.807, 2.05) is 44.2 Å². The summed E-state index contributed by atoms with van der Waals surface area (Å²) in [4.78, 5) is 19.5. The minimum Gasteiger partial charge on any atom is -0.493 e. The molecule has 1 aromatic heterocycles. The number of fused-ring (bicyclic) bond motifs is 1. The highest BCUT2D eigenvalue weighted by Gasteiger charge is 2.35. The first-order valence-corrected chi connectivity index (χ1v) is 10.6. The van der Waals surface area contributed by atoms with Crippen LogP contribution in [0.5, 0.6) is 11.5 Å². The van der Waals surface area contributed by atoms with Crippen molar-refractivity contribution in [3.63, 3.8) is 0 Å². The molecule has 3 aromatic rings. The fourth-order valence-electron chi connectivity index (χ4n) is 4.05. The third kappa shape index (κ3) is 4.64. The quantitative estimate of drug-likeness (QED) is 0.658. The van der Waals surface area contributed by atoms with Crippen LogP contribution in [0.3, 0.4) is 0 Å². The van der Waals surface area contributed by atoms with Gasteiger partial charge in [-0.1, -0.05) is 24.3 Å². The molecule has 31 heavy (non-hydrogen) atoms. The fraction of sp³-hybridized carbons (Fsp3) is 0.360. The summed E-state index contributed by atoms with van der Waals surface area (Å²) in [5.74, 6) is 0.956. The topological polar surface area (TPSA) is 71.9 Å². The van der Waals surface area contributed by atoms with Gasteiger partial charge >= 0.3 is 0 Å². The summed E-state index contributed by atoms with van der Waals surface area (Å²) in [6.45, 7) is 4.67. The number of amides is 1. The number of aromatic nitrogens is 1. The van der Waals surface area contributed by atoms with E-state index in [9.17, 15) is 9.90 Å². The van der Waals surface area contributed by atoms with Crippen LogP contribution in [0.2, 0.25) is 0 Å². The standard InChI is InChI=1S/C25H28N2O4/c1-16(2)31-23-11-9-18(13-24(23)30-3)25(29)27-14-19(22(28)15-27)12-20-10-8-17-6-4-5-7-21(17)26-20/h4-11,13,16,19,22,28H,12,14-15H2,1-3H3/t19-,22-/m1/s1. The van der Waals surface area contributed by atoms with Gasteiger partial charge in [0.1, 0.15) is 0 Å². The first-order valence-electron chi connectivity index (χ1n) is 10.6. The third-order valence-corrected chi connectivity index (χ3v) is 5.59. The Morgan fingerprint density at radius 1 is 1.13 bits per heavy atom. The molecule has 1 N–H and O–H groups in total. The number of benzene rings is 2. The summed E-state index contributed by atoms with van der Waals surface area (Å²) < 4.78 is 11.1. The SMILES string of the molecule is COc1cc(C(=O)N2C[C@@H](Cc3ccc4ccccc4n3)[C@H](O)C2)ccc1OC(C)C. The van der Waals surface area contributed by atoms with Crippen LogP contribution in [0.25, 0.3) is 10.9 Å². The highest BCUT2D eigenvalue weighted by Crippen LogP contribution is 2.30. The summed E-state index contributed by atoms with van der Waals surface area (Å²) in [6.07, 6.45) is 0.0524. The van der Waals surface area contributed by atoms with Crippen LogP contribution in [0.4, 0.5) is 0 Å². The number of hydrogen-bond acceptors (Lipinski definition) is 5. The molecule has 162 valence electrons. The maximum atomic E-state index is 13.1. The van der Waals surface area contributed by atoms with Crippen LogP contribution in [-0.4, -0.2) is 53.3 Å². The minimum absolute atomic E-state index is 0.00801. The molecule has 2 heterocycles. The number of methoxy groups -OCH3 is 1. The largest absolute Gasteiger partial charge is 0.493 e. The molecule has 0 spiro atoms. The van der Waals surface area contributed by atoms with Gasteiger partial charge < -0.3 is 19.5 Å². The number of β-amino-alcohol motifs (C(OH)–C–C–N with tert-alkyl or cyclic N) is 1. The molecule has 1 aliphatic rings. The summed E-state index contributed by atoms with van der Waals surface area (Å²) in [5.41, 5.74) is 2.38. The summed E-state index contributed by atoms with van der Waals surface area (Å²) in [7, 11) is 1.56. The molecule has 6 heteroatoms. The molecule has 1 saturated heterocycles. The molecular weight excluding hydrogens is 392 g/mol. The molecule has 0 aliphatic carbocycles. The van der Waals surface area contributed by atoms with Gasteiger partial charge in [-0.25, -0.2) is 0 Å². The lowest BCUT2D eigenvalue weighted by Gasteiger charge is -2.18. The molecule has 0 bridgehead atoms. The van der Waals surface area contributed by atoms with Crippen molar-refractivity contribution in [1.29, 1.82) is 0 Å². The normalized spacial score (nSPS) is 18.5. The van der Waals surface area contributed by atoms with E-state index in [0.29, 0.717) is 36.6 Å². The van der Waals surface area contributed by atoms with Gasteiger partial charge in [-0.05, 0) is 50.6 Å². The van der Waals surface area contributed by atoms with Crippen molar-refractivity contribution in [2.45, 2.75) is 32.5 Å². The van der Waals surface area contributed by atoms with E-state index in [-0.39, 0.29) is 17.9 Å². The van der Waals surface area contributed by atoms with E-state index >= 15 is 0 Å². The number of rotatable bonds is 6. The summed E-state index contributed by atoms with van der Waals surface area (Å²) >= 11 is 0. The molecule has 0 unspecified atom stereocenters. The van der Waals surface area contributed by atoms with Crippen molar-refractivity contribution in [1.82, 2.24) is 9.88 Å². The van der Waals surface area contributed by atoms with Crippen molar-refractivity contribution in [2.24, 2.45) is 5.92 Å². The zero-order chi connectivity index (χ0) is 22.0. The molecule has 0 saturated carbocycles. The zero-order valence-corrected chi connectivity index (χ0v) is 18.1. The lowest BCUT2D eigenvalue weighted by atomic mass is 9.99. The summed E-state index contributed by atoms with van der Waals surface area (Å²) in [5, 5.41) is 11.7. The van der Waals surface area contributed by atoms with Gasteiger partial charge in [0, 0.05) is 35.7 Å². The van der Waals surface area contributed by atoms with Gasteiger partial charge in [0.15, 0.2) is 11.5 Å². The van der Waals surface area contributed by atoms with Gasteiger partial charge in [0.25, 0.3) is 5.91 Å².